The Labute approximate surface area is 205 Å². The minimum atomic E-state index is -0.343. The smallest absolute Gasteiger partial charge is 0.258 e. The van der Waals surface area contributed by atoms with Crippen LogP contribution in [0.4, 0.5) is 15.8 Å². The zero-order valence-electron chi connectivity index (χ0n) is 19.8. The van der Waals surface area contributed by atoms with E-state index < -0.39 is 0 Å². The first kappa shape index (κ1) is 24.4. The number of ether oxygens (including phenoxy) is 1. The van der Waals surface area contributed by atoms with E-state index >= 15 is 0 Å². The van der Waals surface area contributed by atoms with Crippen molar-refractivity contribution in [2.24, 2.45) is 5.92 Å². The number of carbonyl (C=O) groups excluding carboxylic acids is 2. The zero-order valence-corrected chi connectivity index (χ0v) is 19.8. The van der Waals surface area contributed by atoms with Crippen molar-refractivity contribution in [3.05, 3.63) is 89.7 Å². The van der Waals surface area contributed by atoms with E-state index in [1.807, 2.05) is 24.3 Å². The van der Waals surface area contributed by atoms with Crippen LogP contribution in [0.3, 0.4) is 0 Å². The number of piperidine rings is 1. The molecule has 1 aliphatic rings. The third-order valence-electron chi connectivity index (χ3n) is 6.51. The highest BCUT2D eigenvalue weighted by Gasteiger charge is 2.27. The summed E-state index contributed by atoms with van der Waals surface area (Å²) in [6.45, 7) is 2.65. The van der Waals surface area contributed by atoms with Crippen LogP contribution in [-0.2, 0) is 0 Å². The Morgan fingerprint density at radius 3 is 2.26 bits per heavy atom. The molecule has 0 aliphatic carbocycles. The molecule has 0 radical (unpaired) electrons. The van der Waals surface area contributed by atoms with Gasteiger partial charge in [-0.15, -0.1) is 0 Å². The molecule has 35 heavy (non-hydrogen) atoms. The summed E-state index contributed by atoms with van der Waals surface area (Å²) in [6.07, 6.45) is 1.47. The van der Waals surface area contributed by atoms with Gasteiger partial charge in [0.15, 0.2) is 5.78 Å². The van der Waals surface area contributed by atoms with Crippen molar-refractivity contribution < 1.29 is 18.7 Å². The average molecular weight is 476 g/mol. The lowest BCUT2D eigenvalue weighted by Gasteiger charge is -2.33. The maximum absolute atomic E-state index is 13.5. The Morgan fingerprint density at radius 2 is 1.60 bits per heavy atom. The van der Waals surface area contributed by atoms with Gasteiger partial charge in [-0.1, -0.05) is 12.1 Å². The van der Waals surface area contributed by atoms with Crippen LogP contribution in [0.2, 0.25) is 0 Å². The number of anilines is 2. The molecule has 0 unspecified atom stereocenters. The van der Waals surface area contributed by atoms with Crippen molar-refractivity contribution in [3.63, 3.8) is 0 Å². The van der Waals surface area contributed by atoms with Crippen molar-refractivity contribution in [2.45, 2.75) is 12.8 Å². The normalized spacial score (nSPS) is 14.5. The van der Waals surface area contributed by atoms with E-state index in [2.05, 4.69) is 4.90 Å². The van der Waals surface area contributed by atoms with E-state index in [-0.39, 0.29) is 23.4 Å². The highest BCUT2D eigenvalue weighted by Crippen LogP contribution is 2.29. The molecule has 182 valence electrons. The molecule has 0 atom stereocenters. The number of methoxy groups -OCH3 is 1. The maximum atomic E-state index is 13.5. The van der Waals surface area contributed by atoms with Crippen LogP contribution in [0.5, 0.6) is 5.75 Å². The van der Waals surface area contributed by atoms with Gasteiger partial charge < -0.3 is 20.3 Å². The number of nitrogen functional groups attached to an aromatic ring is 1. The Hall–Kier alpha value is -3.71. The summed E-state index contributed by atoms with van der Waals surface area (Å²) in [5, 5.41) is 0. The molecule has 1 heterocycles. The minimum Gasteiger partial charge on any atom is -0.495 e. The summed E-state index contributed by atoms with van der Waals surface area (Å²) in [5.74, 6) is 0.150. The number of Topliss-reactive ketones (excluding diaryl/α,β-unsaturated/α-hetero) is 1. The summed E-state index contributed by atoms with van der Waals surface area (Å²) < 4.78 is 18.7. The molecule has 1 fully saturated rings. The summed E-state index contributed by atoms with van der Waals surface area (Å²) >= 11 is 0. The van der Waals surface area contributed by atoms with Gasteiger partial charge in [0.2, 0.25) is 0 Å². The van der Waals surface area contributed by atoms with Crippen LogP contribution in [0.1, 0.15) is 33.6 Å². The average Bonchev–Trinajstić information content (AvgIpc) is 2.89. The molecule has 0 spiro atoms. The van der Waals surface area contributed by atoms with Gasteiger partial charge >= 0.3 is 0 Å². The van der Waals surface area contributed by atoms with E-state index in [0.717, 1.165) is 25.9 Å². The Morgan fingerprint density at radius 1 is 0.971 bits per heavy atom. The van der Waals surface area contributed by atoms with E-state index in [1.54, 1.807) is 48.4 Å². The van der Waals surface area contributed by atoms with E-state index in [1.165, 1.54) is 12.1 Å². The Kier molecular flexibility index (Phi) is 7.77. The van der Waals surface area contributed by atoms with E-state index in [4.69, 9.17) is 10.5 Å². The van der Waals surface area contributed by atoms with Gasteiger partial charge in [0.25, 0.3) is 5.91 Å². The number of benzene rings is 3. The number of nitrogens with zero attached hydrogens (tertiary/aromatic N) is 2. The van der Waals surface area contributed by atoms with Gasteiger partial charge in [0.1, 0.15) is 11.6 Å². The molecule has 3 aromatic rings. The number of nitrogens with two attached hydrogens (primary N) is 1. The standard InChI is InChI=1S/C28H30FN3O3/c1-35-26-5-3-2-4-25(26)32(28(34)22-8-12-24(30)13-9-22)19-18-31-16-14-21(15-17-31)27(33)20-6-10-23(29)11-7-20/h2-13,21H,14-19,30H2,1H3. The second-order valence-corrected chi connectivity index (χ2v) is 8.74. The van der Waals surface area contributed by atoms with Gasteiger partial charge in [-0.3, -0.25) is 9.59 Å². The number of halogens is 1. The van der Waals surface area contributed by atoms with Crippen molar-refractivity contribution in [2.75, 3.05) is 43.9 Å². The predicted octanol–water partition coefficient (Wildman–Crippen LogP) is 4.66. The number of para-hydroxylation sites is 2. The number of likely N-dealkylation sites (tertiary alicyclic amines) is 1. The molecule has 1 amide bonds. The second kappa shape index (κ2) is 11.1. The molecule has 0 aromatic heterocycles. The van der Waals surface area contributed by atoms with Crippen molar-refractivity contribution in [1.29, 1.82) is 0 Å². The maximum Gasteiger partial charge on any atom is 0.258 e. The molecule has 6 nitrogen and oxygen atoms in total. The van der Waals surface area contributed by atoms with Crippen molar-refractivity contribution in [1.82, 2.24) is 4.90 Å². The predicted molar refractivity (Wildman–Crippen MR) is 135 cm³/mol. The Balaban J connectivity index is 1.42. The van der Waals surface area contributed by atoms with Crippen LogP contribution >= 0.6 is 0 Å². The fraction of sp³-hybridized carbons (Fsp3) is 0.286. The number of ketones is 1. The summed E-state index contributed by atoms with van der Waals surface area (Å²) in [7, 11) is 1.59. The summed E-state index contributed by atoms with van der Waals surface area (Å²) in [4.78, 5) is 30.3. The first-order valence-corrected chi connectivity index (χ1v) is 11.8. The quantitative estimate of drug-likeness (QED) is 0.379. The molecule has 2 N–H and O–H groups in total. The first-order valence-electron chi connectivity index (χ1n) is 11.8. The molecule has 4 rings (SSSR count). The lowest BCUT2D eigenvalue weighted by Crippen LogP contribution is -2.43. The van der Waals surface area contributed by atoms with Crippen molar-refractivity contribution >= 4 is 23.1 Å². The van der Waals surface area contributed by atoms with Crippen LogP contribution in [-0.4, -0.2) is 49.9 Å². The molecular formula is C28H30FN3O3. The lowest BCUT2D eigenvalue weighted by molar-refractivity contribution is 0.0841. The van der Waals surface area contributed by atoms with Gasteiger partial charge in [-0.05, 0) is 86.6 Å². The molecule has 0 bridgehead atoms. The van der Waals surface area contributed by atoms with Crippen LogP contribution in [0.25, 0.3) is 0 Å². The van der Waals surface area contributed by atoms with Crippen LogP contribution < -0.4 is 15.4 Å². The van der Waals surface area contributed by atoms with Gasteiger partial charge in [0.05, 0.1) is 12.8 Å². The van der Waals surface area contributed by atoms with Crippen LogP contribution in [0, 0.1) is 11.7 Å². The highest BCUT2D eigenvalue weighted by atomic mass is 19.1. The van der Waals surface area contributed by atoms with E-state index in [9.17, 15) is 14.0 Å². The van der Waals surface area contributed by atoms with E-state index in [0.29, 0.717) is 41.3 Å². The fourth-order valence-electron chi connectivity index (χ4n) is 4.48. The molecule has 3 aromatic carbocycles. The number of rotatable bonds is 8. The third kappa shape index (κ3) is 5.87. The number of hydrogen-bond acceptors (Lipinski definition) is 5. The molecular weight excluding hydrogens is 445 g/mol. The second-order valence-electron chi connectivity index (χ2n) is 8.74. The molecule has 7 heteroatoms. The fourth-order valence-corrected chi connectivity index (χ4v) is 4.48. The summed E-state index contributed by atoms with van der Waals surface area (Å²) in [5.41, 5.74) is 8.21. The van der Waals surface area contributed by atoms with Crippen LogP contribution in [0.15, 0.2) is 72.8 Å². The third-order valence-corrected chi connectivity index (χ3v) is 6.51. The van der Waals surface area contributed by atoms with Gasteiger partial charge in [-0.25, -0.2) is 4.39 Å². The molecule has 0 saturated carbocycles. The minimum absolute atomic E-state index is 0.0684. The first-order chi connectivity index (χ1) is 17.0. The van der Waals surface area contributed by atoms with Gasteiger partial charge in [0, 0.05) is 35.8 Å². The topological polar surface area (TPSA) is 75.9 Å². The lowest BCUT2D eigenvalue weighted by atomic mass is 9.89. The SMILES string of the molecule is COc1ccccc1N(CCN1CCC(C(=O)c2ccc(F)cc2)CC1)C(=O)c1ccc(N)cc1. The molecule has 1 saturated heterocycles. The number of amides is 1. The zero-order chi connectivity index (χ0) is 24.8. The molecule has 1 aliphatic heterocycles. The number of hydrogen-bond donors (Lipinski definition) is 1. The number of carbonyl (C=O) groups is 2. The highest BCUT2D eigenvalue weighted by molar-refractivity contribution is 6.07. The van der Waals surface area contributed by atoms with Crippen molar-refractivity contribution in [3.8, 4) is 5.75 Å². The monoisotopic (exact) mass is 475 g/mol. The largest absolute Gasteiger partial charge is 0.495 e. The Bertz CT molecular complexity index is 1160. The summed E-state index contributed by atoms with van der Waals surface area (Å²) in [6, 6.07) is 20.1. The van der Waals surface area contributed by atoms with Gasteiger partial charge in [-0.2, -0.15) is 0 Å².